The Balaban J connectivity index is 1.97. The van der Waals surface area contributed by atoms with E-state index in [9.17, 15) is 0 Å². The number of rotatable bonds is 2. The topological polar surface area (TPSA) is 49.8 Å². The highest BCUT2D eigenvalue weighted by molar-refractivity contribution is 7.10. The molecule has 0 unspecified atom stereocenters. The number of furan rings is 1. The number of aromatic nitrogens is 1. The fourth-order valence-corrected chi connectivity index (χ4v) is 2.70. The molecular formula is C12H10N2OS. The van der Waals surface area contributed by atoms with Gasteiger partial charge < -0.3 is 4.42 Å². The molecule has 0 saturated heterocycles. The summed E-state index contributed by atoms with van der Waals surface area (Å²) >= 11 is 1.55. The Kier molecular flexibility index (Phi) is 1.92. The summed E-state index contributed by atoms with van der Waals surface area (Å²) in [5, 5.41) is 12.0. The molecular weight excluding hydrogens is 220 g/mol. The molecule has 0 aromatic carbocycles. The van der Waals surface area contributed by atoms with Crippen LogP contribution in [0.2, 0.25) is 0 Å². The third-order valence-electron chi connectivity index (χ3n) is 2.87. The van der Waals surface area contributed by atoms with E-state index in [1.165, 1.54) is 0 Å². The smallest absolute Gasteiger partial charge is 0.153 e. The van der Waals surface area contributed by atoms with E-state index in [2.05, 4.69) is 11.1 Å². The third kappa shape index (κ3) is 1.36. The molecule has 0 N–H and O–H groups in total. The Hall–Kier alpha value is -1.60. The SMILES string of the molecule is Cc1ccc(-c2csc(C3(C#N)CC3)n2)o1. The predicted molar refractivity (Wildman–Crippen MR) is 61.1 cm³/mol. The molecule has 0 spiro atoms. The van der Waals surface area contributed by atoms with Gasteiger partial charge in [0.05, 0.1) is 6.07 Å². The first-order valence-corrected chi connectivity index (χ1v) is 6.06. The molecule has 2 aromatic rings. The molecule has 1 aliphatic carbocycles. The number of hydrogen-bond acceptors (Lipinski definition) is 4. The Morgan fingerprint density at radius 3 is 2.88 bits per heavy atom. The number of nitriles is 1. The summed E-state index contributed by atoms with van der Waals surface area (Å²) in [7, 11) is 0. The van der Waals surface area contributed by atoms with Crippen LogP contribution in [0.4, 0.5) is 0 Å². The minimum absolute atomic E-state index is 0.287. The van der Waals surface area contributed by atoms with Gasteiger partial charge in [-0.3, -0.25) is 0 Å². The van der Waals surface area contributed by atoms with E-state index in [1.807, 2.05) is 24.4 Å². The lowest BCUT2D eigenvalue weighted by atomic mass is 10.1. The van der Waals surface area contributed by atoms with Crippen LogP contribution in [0.1, 0.15) is 23.6 Å². The maximum absolute atomic E-state index is 9.09. The van der Waals surface area contributed by atoms with Crippen LogP contribution in [0, 0.1) is 18.3 Å². The first kappa shape index (κ1) is 9.61. The molecule has 1 saturated carbocycles. The quantitative estimate of drug-likeness (QED) is 0.795. The van der Waals surface area contributed by atoms with Crippen molar-refractivity contribution in [3.8, 4) is 17.5 Å². The maximum atomic E-state index is 9.09. The number of hydrogen-bond donors (Lipinski definition) is 0. The lowest BCUT2D eigenvalue weighted by molar-refractivity contribution is 0.546. The van der Waals surface area contributed by atoms with Crippen molar-refractivity contribution in [2.24, 2.45) is 0 Å². The molecule has 0 bridgehead atoms. The molecule has 3 rings (SSSR count). The molecule has 4 heteroatoms. The normalized spacial score (nSPS) is 17.0. The molecule has 2 heterocycles. The molecule has 0 radical (unpaired) electrons. The average Bonchev–Trinajstić information content (AvgIpc) is 2.74. The zero-order valence-electron chi connectivity index (χ0n) is 8.86. The monoisotopic (exact) mass is 230 g/mol. The van der Waals surface area contributed by atoms with Crippen molar-refractivity contribution in [3.05, 3.63) is 28.3 Å². The van der Waals surface area contributed by atoms with E-state index in [0.717, 1.165) is 35.1 Å². The molecule has 0 amide bonds. The van der Waals surface area contributed by atoms with Gasteiger partial charge in [0, 0.05) is 5.38 Å². The fraction of sp³-hybridized carbons (Fsp3) is 0.333. The molecule has 80 valence electrons. The van der Waals surface area contributed by atoms with Crippen LogP contribution in [0.15, 0.2) is 21.9 Å². The maximum Gasteiger partial charge on any atom is 0.153 e. The molecule has 1 aliphatic rings. The van der Waals surface area contributed by atoms with E-state index in [-0.39, 0.29) is 5.41 Å². The van der Waals surface area contributed by atoms with Gasteiger partial charge in [0.15, 0.2) is 5.76 Å². The summed E-state index contributed by atoms with van der Waals surface area (Å²) in [6, 6.07) is 6.19. The highest BCUT2D eigenvalue weighted by Gasteiger charge is 2.47. The zero-order chi connectivity index (χ0) is 11.2. The molecule has 3 nitrogen and oxygen atoms in total. The third-order valence-corrected chi connectivity index (χ3v) is 3.92. The molecule has 16 heavy (non-hydrogen) atoms. The Bertz CT molecular complexity index is 572. The standard InChI is InChI=1S/C12H10N2OS/c1-8-2-3-10(15-8)9-6-16-11(14-9)12(7-13)4-5-12/h2-3,6H,4-5H2,1H3. The second-order valence-corrected chi connectivity index (χ2v) is 5.00. The highest BCUT2D eigenvalue weighted by atomic mass is 32.1. The Morgan fingerprint density at radius 1 is 1.50 bits per heavy atom. The van der Waals surface area contributed by atoms with Crippen LogP contribution >= 0.6 is 11.3 Å². The van der Waals surface area contributed by atoms with E-state index in [0.29, 0.717) is 0 Å². The summed E-state index contributed by atoms with van der Waals surface area (Å²) in [6.45, 7) is 1.91. The summed E-state index contributed by atoms with van der Waals surface area (Å²) < 4.78 is 5.51. The lowest BCUT2D eigenvalue weighted by Crippen LogP contribution is -2.00. The van der Waals surface area contributed by atoms with Crippen molar-refractivity contribution >= 4 is 11.3 Å². The molecule has 1 fully saturated rings. The van der Waals surface area contributed by atoms with Crippen LogP contribution in [0.3, 0.4) is 0 Å². The van der Waals surface area contributed by atoms with Crippen molar-refractivity contribution in [1.29, 1.82) is 5.26 Å². The van der Waals surface area contributed by atoms with Gasteiger partial charge in [-0.2, -0.15) is 5.26 Å². The van der Waals surface area contributed by atoms with Crippen molar-refractivity contribution < 1.29 is 4.42 Å². The largest absolute Gasteiger partial charge is 0.460 e. The van der Waals surface area contributed by atoms with E-state index in [4.69, 9.17) is 9.68 Å². The Morgan fingerprint density at radius 2 is 2.31 bits per heavy atom. The summed E-state index contributed by atoms with van der Waals surface area (Å²) in [5.41, 5.74) is 0.555. The number of thiazole rings is 1. The van der Waals surface area contributed by atoms with E-state index < -0.39 is 0 Å². The predicted octanol–water partition coefficient (Wildman–Crippen LogP) is 3.27. The first-order valence-electron chi connectivity index (χ1n) is 5.18. The van der Waals surface area contributed by atoms with Gasteiger partial charge in [-0.15, -0.1) is 11.3 Å². The van der Waals surface area contributed by atoms with Gasteiger partial charge in [-0.05, 0) is 31.9 Å². The van der Waals surface area contributed by atoms with Crippen LogP contribution in [0.25, 0.3) is 11.5 Å². The summed E-state index contributed by atoms with van der Waals surface area (Å²) in [5.74, 6) is 1.67. The minimum atomic E-state index is -0.287. The van der Waals surface area contributed by atoms with Gasteiger partial charge in [0.25, 0.3) is 0 Å². The van der Waals surface area contributed by atoms with Crippen LogP contribution < -0.4 is 0 Å². The minimum Gasteiger partial charge on any atom is -0.460 e. The van der Waals surface area contributed by atoms with Crippen LogP contribution in [0.5, 0.6) is 0 Å². The van der Waals surface area contributed by atoms with Gasteiger partial charge in [-0.25, -0.2) is 4.98 Å². The Labute approximate surface area is 97.4 Å². The molecule has 0 atom stereocenters. The molecule has 0 aliphatic heterocycles. The van der Waals surface area contributed by atoms with Crippen LogP contribution in [-0.2, 0) is 5.41 Å². The van der Waals surface area contributed by atoms with Crippen molar-refractivity contribution in [1.82, 2.24) is 4.98 Å². The first-order chi connectivity index (χ1) is 7.73. The van der Waals surface area contributed by atoms with Crippen LogP contribution in [-0.4, -0.2) is 4.98 Å². The summed E-state index contributed by atoms with van der Waals surface area (Å²) in [4.78, 5) is 4.50. The number of aryl methyl sites for hydroxylation is 1. The lowest BCUT2D eigenvalue weighted by Gasteiger charge is -1.97. The zero-order valence-corrected chi connectivity index (χ0v) is 9.67. The van der Waals surface area contributed by atoms with Crippen molar-refractivity contribution in [2.45, 2.75) is 25.2 Å². The van der Waals surface area contributed by atoms with Gasteiger partial charge in [0.2, 0.25) is 0 Å². The van der Waals surface area contributed by atoms with Gasteiger partial charge in [-0.1, -0.05) is 0 Å². The second-order valence-electron chi connectivity index (χ2n) is 4.14. The van der Waals surface area contributed by atoms with Gasteiger partial charge >= 0.3 is 0 Å². The van der Waals surface area contributed by atoms with Crippen molar-refractivity contribution in [2.75, 3.05) is 0 Å². The van der Waals surface area contributed by atoms with E-state index >= 15 is 0 Å². The summed E-state index contributed by atoms with van der Waals surface area (Å²) in [6.07, 6.45) is 1.88. The number of nitrogens with zero attached hydrogens (tertiary/aromatic N) is 2. The highest BCUT2D eigenvalue weighted by Crippen LogP contribution is 2.49. The fourth-order valence-electron chi connectivity index (χ4n) is 1.68. The average molecular weight is 230 g/mol. The van der Waals surface area contributed by atoms with Crippen molar-refractivity contribution in [3.63, 3.8) is 0 Å². The van der Waals surface area contributed by atoms with E-state index in [1.54, 1.807) is 11.3 Å². The second kappa shape index (κ2) is 3.19. The molecule has 2 aromatic heterocycles. The van der Waals surface area contributed by atoms with Gasteiger partial charge in [0.1, 0.15) is 21.9 Å².